The Hall–Kier alpha value is -0.830. The molecule has 0 fully saturated rings. The van der Waals surface area contributed by atoms with Gasteiger partial charge in [0.25, 0.3) is 0 Å². The van der Waals surface area contributed by atoms with Crippen molar-refractivity contribution in [1.82, 2.24) is 0 Å². The van der Waals surface area contributed by atoms with E-state index in [1.54, 1.807) is 0 Å². The van der Waals surface area contributed by atoms with E-state index in [-0.39, 0.29) is 6.42 Å². The predicted octanol–water partition coefficient (Wildman–Crippen LogP) is 3.91. The molecule has 0 spiro atoms. The molecular formula is C15H28O3. The minimum atomic E-state index is -0.830. The molecule has 0 rings (SSSR count). The zero-order chi connectivity index (χ0) is 13.6. The van der Waals surface area contributed by atoms with E-state index >= 15 is 0 Å². The highest BCUT2D eigenvalue weighted by atomic mass is 16.4. The maximum Gasteiger partial charge on any atom is 0.303 e. The Morgan fingerprint density at radius 2 is 1.67 bits per heavy atom. The van der Waals surface area contributed by atoms with Gasteiger partial charge >= 0.3 is 5.97 Å². The van der Waals surface area contributed by atoms with Gasteiger partial charge in [-0.05, 0) is 38.5 Å². The molecule has 0 aromatic carbocycles. The van der Waals surface area contributed by atoms with Gasteiger partial charge in [-0.3, -0.25) is 4.79 Å². The molecule has 1 atom stereocenters. The summed E-state index contributed by atoms with van der Waals surface area (Å²) < 4.78 is 0. The number of carboxylic acids is 1. The van der Waals surface area contributed by atoms with Crippen LogP contribution in [0.25, 0.3) is 0 Å². The summed E-state index contributed by atoms with van der Waals surface area (Å²) in [5, 5.41) is 18.0. The van der Waals surface area contributed by atoms with Crippen LogP contribution in [0.15, 0.2) is 12.2 Å². The molecule has 0 aromatic rings. The molecule has 106 valence electrons. The lowest BCUT2D eigenvalue weighted by molar-refractivity contribution is -0.137. The molecule has 0 aliphatic carbocycles. The van der Waals surface area contributed by atoms with Crippen molar-refractivity contribution < 1.29 is 15.0 Å². The third-order valence-corrected chi connectivity index (χ3v) is 2.99. The number of aliphatic hydroxyl groups is 1. The number of carboxylic acid groups (broad SMARTS) is 1. The Balaban J connectivity index is 3.26. The van der Waals surface area contributed by atoms with Crippen LogP contribution in [0.5, 0.6) is 0 Å². The molecule has 0 aliphatic rings. The first kappa shape index (κ1) is 17.2. The van der Waals surface area contributed by atoms with Crippen LogP contribution >= 0.6 is 0 Å². The Kier molecular flexibility index (Phi) is 12.0. The first-order valence-corrected chi connectivity index (χ1v) is 7.21. The summed E-state index contributed by atoms with van der Waals surface area (Å²) in [6, 6.07) is 0. The lowest BCUT2D eigenvalue weighted by Crippen LogP contribution is -2.09. The maximum absolute atomic E-state index is 10.3. The van der Waals surface area contributed by atoms with E-state index in [9.17, 15) is 9.90 Å². The van der Waals surface area contributed by atoms with E-state index in [2.05, 4.69) is 19.1 Å². The zero-order valence-electron chi connectivity index (χ0n) is 11.6. The van der Waals surface area contributed by atoms with Crippen molar-refractivity contribution in [3.05, 3.63) is 12.2 Å². The molecule has 0 amide bonds. The van der Waals surface area contributed by atoms with Crippen LogP contribution in [-0.2, 0) is 4.79 Å². The fourth-order valence-electron chi connectivity index (χ4n) is 1.82. The molecule has 3 heteroatoms. The SMILES string of the molecule is CCCCC/C=C\CCCCC(O)CCC(=O)O. The van der Waals surface area contributed by atoms with Gasteiger partial charge in [-0.1, -0.05) is 38.3 Å². The van der Waals surface area contributed by atoms with Gasteiger partial charge in [-0.15, -0.1) is 0 Å². The highest BCUT2D eigenvalue weighted by Gasteiger charge is 2.06. The largest absolute Gasteiger partial charge is 0.481 e. The Labute approximate surface area is 111 Å². The number of rotatable bonds is 12. The van der Waals surface area contributed by atoms with Gasteiger partial charge in [0.05, 0.1) is 6.10 Å². The van der Waals surface area contributed by atoms with Gasteiger partial charge in [0.15, 0.2) is 0 Å². The first-order valence-electron chi connectivity index (χ1n) is 7.21. The van der Waals surface area contributed by atoms with E-state index in [4.69, 9.17) is 5.11 Å². The van der Waals surface area contributed by atoms with Gasteiger partial charge in [-0.2, -0.15) is 0 Å². The van der Waals surface area contributed by atoms with Crippen molar-refractivity contribution >= 4 is 5.97 Å². The number of aliphatic hydroxyl groups excluding tert-OH is 1. The molecule has 0 bridgehead atoms. The Morgan fingerprint density at radius 3 is 2.22 bits per heavy atom. The minimum absolute atomic E-state index is 0.0680. The summed E-state index contributed by atoms with van der Waals surface area (Å²) in [5.41, 5.74) is 0. The lowest BCUT2D eigenvalue weighted by Gasteiger charge is -2.07. The monoisotopic (exact) mass is 256 g/mol. The molecule has 3 nitrogen and oxygen atoms in total. The van der Waals surface area contributed by atoms with Crippen LogP contribution in [0.1, 0.15) is 71.1 Å². The van der Waals surface area contributed by atoms with Crippen molar-refractivity contribution in [3.8, 4) is 0 Å². The van der Waals surface area contributed by atoms with E-state index in [1.807, 2.05) is 0 Å². The normalized spacial score (nSPS) is 13.0. The Bertz CT molecular complexity index is 224. The molecule has 0 radical (unpaired) electrons. The summed E-state index contributed by atoms with van der Waals surface area (Å²) >= 11 is 0. The predicted molar refractivity (Wildman–Crippen MR) is 74.6 cm³/mol. The smallest absolute Gasteiger partial charge is 0.303 e. The van der Waals surface area contributed by atoms with Crippen molar-refractivity contribution in [2.24, 2.45) is 0 Å². The molecule has 0 saturated carbocycles. The number of aliphatic carboxylic acids is 1. The molecule has 18 heavy (non-hydrogen) atoms. The minimum Gasteiger partial charge on any atom is -0.481 e. The first-order chi connectivity index (χ1) is 8.66. The molecule has 0 saturated heterocycles. The van der Waals surface area contributed by atoms with Crippen molar-refractivity contribution in [3.63, 3.8) is 0 Å². The molecule has 2 N–H and O–H groups in total. The second-order valence-corrected chi connectivity index (χ2v) is 4.84. The summed E-state index contributed by atoms with van der Waals surface area (Å²) in [6.07, 6.45) is 13.3. The second-order valence-electron chi connectivity index (χ2n) is 4.84. The van der Waals surface area contributed by atoms with Gasteiger partial charge in [0.1, 0.15) is 0 Å². The number of hydrogen-bond donors (Lipinski definition) is 2. The summed E-state index contributed by atoms with van der Waals surface area (Å²) in [7, 11) is 0. The quantitative estimate of drug-likeness (QED) is 0.411. The van der Waals surface area contributed by atoms with Crippen LogP contribution in [0.2, 0.25) is 0 Å². The van der Waals surface area contributed by atoms with Crippen LogP contribution in [0, 0.1) is 0 Å². The summed E-state index contributed by atoms with van der Waals surface area (Å²) in [4.78, 5) is 10.3. The molecule has 1 unspecified atom stereocenters. The third-order valence-electron chi connectivity index (χ3n) is 2.99. The molecule has 0 aliphatic heterocycles. The highest BCUT2D eigenvalue weighted by Crippen LogP contribution is 2.09. The fourth-order valence-corrected chi connectivity index (χ4v) is 1.82. The highest BCUT2D eigenvalue weighted by molar-refractivity contribution is 5.66. The number of hydrogen-bond acceptors (Lipinski definition) is 2. The van der Waals surface area contributed by atoms with Crippen molar-refractivity contribution in [2.75, 3.05) is 0 Å². The number of carbonyl (C=O) groups is 1. The van der Waals surface area contributed by atoms with E-state index in [0.29, 0.717) is 6.42 Å². The molecule has 0 heterocycles. The fraction of sp³-hybridized carbons (Fsp3) is 0.800. The molecule has 0 aromatic heterocycles. The standard InChI is InChI=1S/C15H28O3/c1-2-3-4-5-6-7-8-9-10-11-14(16)12-13-15(17)18/h6-7,14,16H,2-5,8-13H2,1H3,(H,17,18)/b7-6-. The van der Waals surface area contributed by atoms with E-state index < -0.39 is 12.1 Å². The number of unbranched alkanes of at least 4 members (excludes halogenated alkanes) is 5. The van der Waals surface area contributed by atoms with Gasteiger partial charge < -0.3 is 10.2 Å². The van der Waals surface area contributed by atoms with Gasteiger partial charge in [0.2, 0.25) is 0 Å². The average molecular weight is 256 g/mol. The van der Waals surface area contributed by atoms with Crippen molar-refractivity contribution in [1.29, 1.82) is 0 Å². The van der Waals surface area contributed by atoms with E-state index in [0.717, 1.165) is 25.7 Å². The van der Waals surface area contributed by atoms with Gasteiger partial charge in [0, 0.05) is 6.42 Å². The van der Waals surface area contributed by atoms with Crippen molar-refractivity contribution in [2.45, 2.75) is 77.2 Å². The van der Waals surface area contributed by atoms with Crippen LogP contribution < -0.4 is 0 Å². The van der Waals surface area contributed by atoms with Gasteiger partial charge in [-0.25, -0.2) is 0 Å². The third kappa shape index (κ3) is 13.2. The Morgan fingerprint density at radius 1 is 1.06 bits per heavy atom. The lowest BCUT2D eigenvalue weighted by atomic mass is 10.1. The summed E-state index contributed by atoms with van der Waals surface area (Å²) in [6.45, 7) is 2.21. The average Bonchev–Trinajstić information content (AvgIpc) is 2.34. The van der Waals surface area contributed by atoms with Crippen LogP contribution in [0.3, 0.4) is 0 Å². The zero-order valence-corrected chi connectivity index (χ0v) is 11.6. The van der Waals surface area contributed by atoms with E-state index in [1.165, 1.54) is 25.7 Å². The topological polar surface area (TPSA) is 57.5 Å². The maximum atomic E-state index is 10.3. The molecular weight excluding hydrogens is 228 g/mol. The summed E-state index contributed by atoms with van der Waals surface area (Å²) in [5.74, 6) is -0.830. The van der Waals surface area contributed by atoms with Crippen LogP contribution in [-0.4, -0.2) is 22.3 Å². The number of allylic oxidation sites excluding steroid dienone is 2. The second kappa shape index (κ2) is 12.6. The van der Waals surface area contributed by atoms with Crippen LogP contribution in [0.4, 0.5) is 0 Å².